The lowest BCUT2D eigenvalue weighted by Gasteiger charge is -2.41. The second-order valence-corrected chi connectivity index (χ2v) is 17.7. The highest BCUT2D eigenvalue weighted by Gasteiger charge is 2.51. The summed E-state index contributed by atoms with van der Waals surface area (Å²) >= 11 is 0. The number of esters is 2. The maximum Gasteiger partial charge on any atom is 0.472 e. The van der Waals surface area contributed by atoms with Gasteiger partial charge in [0.1, 0.15) is 43.2 Å². The van der Waals surface area contributed by atoms with E-state index < -0.39 is 75.7 Å². The van der Waals surface area contributed by atoms with E-state index in [0.29, 0.717) is 31.5 Å². The molecule has 14 nitrogen and oxygen atoms in total. The fraction of sp³-hybridized carbons (Fsp3) is 0.822. The summed E-state index contributed by atoms with van der Waals surface area (Å²) in [4.78, 5) is 35.6. The highest BCUT2D eigenvalue weighted by molar-refractivity contribution is 7.47. The monoisotopic (exact) mass is 875 g/mol. The Bertz CT molecular complexity index is 1260. The first-order chi connectivity index (χ1) is 28.9. The van der Waals surface area contributed by atoms with Crippen LogP contribution in [0.5, 0.6) is 0 Å². The van der Waals surface area contributed by atoms with Gasteiger partial charge in [-0.05, 0) is 44.9 Å². The third-order valence-electron chi connectivity index (χ3n) is 10.9. The van der Waals surface area contributed by atoms with Gasteiger partial charge in [-0.3, -0.25) is 18.6 Å². The molecule has 1 aliphatic carbocycles. The molecule has 1 aliphatic heterocycles. The van der Waals surface area contributed by atoms with Gasteiger partial charge >= 0.3 is 19.8 Å². The van der Waals surface area contributed by atoms with Crippen molar-refractivity contribution in [3.05, 3.63) is 36.5 Å². The van der Waals surface area contributed by atoms with Gasteiger partial charge in [-0.15, -0.1) is 0 Å². The molecule has 15 heteroatoms. The van der Waals surface area contributed by atoms with Crippen LogP contribution < -0.4 is 0 Å². The van der Waals surface area contributed by atoms with Gasteiger partial charge < -0.3 is 44.6 Å². The molecule has 348 valence electrons. The van der Waals surface area contributed by atoms with Gasteiger partial charge in [0.2, 0.25) is 0 Å². The lowest BCUT2D eigenvalue weighted by molar-refractivity contribution is -0.220. The van der Waals surface area contributed by atoms with Crippen LogP contribution in [-0.4, -0.2) is 111 Å². The second-order valence-electron chi connectivity index (χ2n) is 16.3. The third kappa shape index (κ3) is 24.6. The van der Waals surface area contributed by atoms with Crippen molar-refractivity contribution in [1.82, 2.24) is 0 Å². The Morgan fingerprint density at radius 1 is 0.600 bits per heavy atom. The molecule has 1 saturated carbocycles. The lowest BCUT2D eigenvalue weighted by Crippen LogP contribution is -2.64. The first-order valence-electron chi connectivity index (χ1n) is 22.9. The summed E-state index contributed by atoms with van der Waals surface area (Å²) in [6, 6.07) is 0. The van der Waals surface area contributed by atoms with Crippen LogP contribution in [0.25, 0.3) is 0 Å². The standard InChI is InChI=1S/C45H79O14P/c1-3-5-7-8-9-10-11-12-13-17-20-23-27-31-38(46)55-33-35(34-56-60(53,54)59-45-43(51)41(49)40(48)42(50)44(45)52)57-39(47)32-28-24-21-18-15-14-16-19-22-26-30-37-36(58-37)29-25-6-4-2/h14,16,18,21-22,26,35-37,40-45,48-52H,3-13,15,17,19-20,23-25,27-34H2,1-2H3,(H,53,54)/b16-14-,21-18-,26-22-/t35-,36?,37?,40?,41-,42+,43-,44-,45?/m1/s1. The average Bonchev–Trinajstić information content (AvgIpc) is 3.98. The van der Waals surface area contributed by atoms with Gasteiger partial charge in [0.25, 0.3) is 0 Å². The highest BCUT2D eigenvalue weighted by Crippen LogP contribution is 2.47. The van der Waals surface area contributed by atoms with Gasteiger partial charge in [0.15, 0.2) is 6.10 Å². The molecule has 10 atom stereocenters. The van der Waals surface area contributed by atoms with Gasteiger partial charge in [-0.1, -0.05) is 147 Å². The SMILES string of the molecule is CCCCCCCCCCCCCCCC(=O)OC[C@H](COP(=O)(O)OC1[C@H](O)[C@H](O)C(O)[C@H](O)[C@H]1O)OC(=O)CCC/C=C\C/C=C\C/C=C\CC1OC1CCCCC. The molecule has 0 bridgehead atoms. The summed E-state index contributed by atoms with van der Waals surface area (Å²) in [5.41, 5.74) is 0. The molecule has 0 aromatic rings. The minimum atomic E-state index is -5.13. The highest BCUT2D eigenvalue weighted by atomic mass is 31.2. The van der Waals surface area contributed by atoms with Gasteiger partial charge in [-0.25, -0.2) is 4.57 Å². The number of unbranched alkanes of at least 4 members (excludes halogenated alkanes) is 15. The van der Waals surface area contributed by atoms with E-state index in [1.165, 1.54) is 77.0 Å². The fourth-order valence-electron chi connectivity index (χ4n) is 7.08. The largest absolute Gasteiger partial charge is 0.472 e. The number of aliphatic hydroxyl groups is 5. The number of carbonyl (C=O) groups excluding carboxylic acids is 2. The maximum absolute atomic E-state index is 12.8. The molecular formula is C45H79O14P. The van der Waals surface area contributed by atoms with Crippen LogP contribution in [0.2, 0.25) is 0 Å². The zero-order valence-electron chi connectivity index (χ0n) is 36.4. The third-order valence-corrected chi connectivity index (χ3v) is 11.9. The average molecular weight is 875 g/mol. The number of phosphoric acid groups is 1. The predicted octanol–water partition coefficient (Wildman–Crippen LogP) is 7.60. The molecule has 5 unspecified atom stereocenters. The summed E-state index contributed by atoms with van der Waals surface area (Å²) in [5.74, 6) is -1.17. The number of phosphoric ester groups is 1. The Hall–Kier alpha value is -1.97. The van der Waals surface area contributed by atoms with Crippen molar-refractivity contribution in [2.45, 2.75) is 223 Å². The number of rotatable bonds is 36. The van der Waals surface area contributed by atoms with Gasteiger partial charge in [0, 0.05) is 12.8 Å². The molecule has 1 heterocycles. The number of hydrogen-bond acceptors (Lipinski definition) is 13. The van der Waals surface area contributed by atoms with Gasteiger partial charge in [0.05, 0.1) is 18.8 Å². The number of epoxide rings is 1. The topological polar surface area (TPSA) is 222 Å². The summed E-state index contributed by atoms with van der Waals surface area (Å²) in [6.45, 7) is 3.21. The zero-order valence-corrected chi connectivity index (χ0v) is 37.3. The van der Waals surface area contributed by atoms with Crippen molar-refractivity contribution in [2.75, 3.05) is 13.2 Å². The van der Waals surface area contributed by atoms with E-state index in [4.69, 9.17) is 23.3 Å². The van der Waals surface area contributed by atoms with E-state index in [-0.39, 0.29) is 12.8 Å². The molecule has 2 rings (SSSR count). The van der Waals surface area contributed by atoms with Crippen LogP contribution in [0.3, 0.4) is 0 Å². The van der Waals surface area contributed by atoms with Crippen LogP contribution in [0.1, 0.15) is 168 Å². The summed E-state index contributed by atoms with van der Waals surface area (Å²) < 4.78 is 39.2. The smallest absolute Gasteiger partial charge is 0.462 e. The zero-order chi connectivity index (χ0) is 44.0. The van der Waals surface area contributed by atoms with E-state index in [9.17, 15) is 44.6 Å². The van der Waals surface area contributed by atoms with Crippen molar-refractivity contribution in [3.63, 3.8) is 0 Å². The molecule has 2 fully saturated rings. The van der Waals surface area contributed by atoms with E-state index >= 15 is 0 Å². The van der Waals surface area contributed by atoms with Crippen molar-refractivity contribution >= 4 is 19.8 Å². The quantitative estimate of drug-likeness (QED) is 0.0117. The van der Waals surface area contributed by atoms with E-state index in [2.05, 4.69) is 38.2 Å². The maximum atomic E-state index is 12.8. The van der Waals surface area contributed by atoms with E-state index in [1.807, 2.05) is 12.2 Å². The molecule has 0 aromatic carbocycles. The summed E-state index contributed by atoms with van der Waals surface area (Å²) in [6.07, 6.45) is 23.8. The second kappa shape index (κ2) is 32.7. The Morgan fingerprint density at radius 2 is 1.10 bits per heavy atom. The minimum Gasteiger partial charge on any atom is -0.462 e. The Labute approximate surface area is 359 Å². The van der Waals surface area contributed by atoms with Crippen molar-refractivity contribution in [3.8, 4) is 0 Å². The first-order valence-corrected chi connectivity index (χ1v) is 24.4. The molecular weight excluding hydrogens is 795 g/mol. The fourth-order valence-corrected chi connectivity index (χ4v) is 8.05. The van der Waals surface area contributed by atoms with Crippen LogP contribution in [0.15, 0.2) is 36.5 Å². The minimum absolute atomic E-state index is 0.0183. The number of allylic oxidation sites excluding steroid dienone is 5. The predicted molar refractivity (Wildman–Crippen MR) is 230 cm³/mol. The Balaban J connectivity index is 1.73. The first kappa shape index (κ1) is 54.2. The summed E-state index contributed by atoms with van der Waals surface area (Å²) in [7, 11) is -5.13. The molecule has 0 spiro atoms. The molecule has 6 N–H and O–H groups in total. The molecule has 0 aromatic heterocycles. The number of carbonyl (C=O) groups is 2. The molecule has 0 radical (unpaired) electrons. The Kier molecular flexibility index (Phi) is 29.5. The van der Waals surface area contributed by atoms with Crippen molar-refractivity contribution in [2.24, 2.45) is 0 Å². The molecule has 60 heavy (non-hydrogen) atoms. The van der Waals surface area contributed by atoms with Crippen LogP contribution >= 0.6 is 7.82 Å². The van der Waals surface area contributed by atoms with Crippen LogP contribution in [-0.2, 0) is 37.4 Å². The molecule has 0 amide bonds. The number of aliphatic hydroxyl groups excluding tert-OH is 5. The number of hydrogen-bond donors (Lipinski definition) is 6. The molecule has 1 saturated heterocycles. The van der Waals surface area contributed by atoms with E-state index in [1.54, 1.807) is 0 Å². The van der Waals surface area contributed by atoms with E-state index in [0.717, 1.165) is 44.9 Å². The lowest BCUT2D eigenvalue weighted by atomic mass is 9.85. The van der Waals surface area contributed by atoms with Crippen LogP contribution in [0, 0.1) is 0 Å². The van der Waals surface area contributed by atoms with Crippen LogP contribution in [0.4, 0.5) is 0 Å². The summed E-state index contributed by atoms with van der Waals surface area (Å²) in [5, 5.41) is 50.1. The Morgan fingerprint density at radius 3 is 1.70 bits per heavy atom. The van der Waals surface area contributed by atoms with Crippen molar-refractivity contribution < 1.29 is 67.8 Å². The normalized spacial score (nSPS) is 25.9. The van der Waals surface area contributed by atoms with Gasteiger partial charge in [-0.2, -0.15) is 0 Å². The molecule has 2 aliphatic rings. The van der Waals surface area contributed by atoms with Crippen molar-refractivity contribution in [1.29, 1.82) is 0 Å². The number of ether oxygens (including phenoxy) is 3.